The molecule has 1 rings (SSSR count). The second-order valence-corrected chi connectivity index (χ2v) is 5.60. The van der Waals surface area contributed by atoms with Crippen LogP contribution in [0.2, 0.25) is 0 Å². The Balaban J connectivity index is 2.50. The molecule has 1 aliphatic rings. The van der Waals surface area contributed by atoms with Crippen LogP contribution in [0.4, 0.5) is 0 Å². The van der Waals surface area contributed by atoms with Gasteiger partial charge in [-0.3, -0.25) is 4.79 Å². The van der Waals surface area contributed by atoms with E-state index in [4.69, 9.17) is 5.73 Å². The van der Waals surface area contributed by atoms with Crippen LogP contribution in [0.15, 0.2) is 0 Å². The van der Waals surface area contributed by atoms with Gasteiger partial charge in [0.25, 0.3) is 0 Å². The second kappa shape index (κ2) is 4.06. The molecular weight excluding hydrogens is 192 g/mol. The molecule has 5 nitrogen and oxygen atoms in total. The SMILES string of the molecule is NC(=O)CCS(=O)(=O)C1CCNC1. The van der Waals surface area contributed by atoms with Crippen molar-refractivity contribution in [1.29, 1.82) is 0 Å². The molecule has 0 spiro atoms. The lowest BCUT2D eigenvalue weighted by Gasteiger charge is -2.08. The molecule has 0 aromatic carbocycles. The molecule has 13 heavy (non-hydrogen) atoms. The quantitative estimate of drug-likeness (QED) is 0.594. The highest BCUT2D eigenvalue weighted by Crippen LogP contribution is 2.11. The van der Waals surface area contributed by atoms with Crippen molar-refractivity contribution < 1.29 is 13.2 Å². The Morgan fingerprint density at radius 1 is 1.54 bits per heavy atom. The molecule has 0 bridgehead atoms. The van der Waals surface area contributed by atoms with Gasteiger partial charge >= 0.3 is 0 Å². The van der Waals surface area contributed by atoms with Crippen molar-refractivity contribution in [3.8, 4) is 0 Å². The average Bonchev–Trinajstić information content (AvgIpc) is 2.53. The van der Waals surface area contributed by atoms with Crippen LogP contribution in [0.3, 0.4) is 0 Å². The summed E-state index contributed by atoms with van der Waals surface area (Å²) in [6.45, 7) is 1.24. The summed E-state index contributed by atoms with van der Waals surface area (Å²) >= 11 is 0. The maximum absolute atomic E-state index is 11.5. The fourth-order valence-electron chi connectivity index (χ4n) is 1.34. The second-order valence-electron chi connectivity index (χ2n) is 3.20. The Labute approximate surface area is 77.6 Å². The van der Waals surface area contributed by atoms with E-state index in [2.05, 4.69) is 5.32 Å². The summed E-state index contributed by atoms with van der Waals surface area (Å²) in [6, 6.07) is 0. The number of amides is 1. The molecule has 0 saturated carbocycles. The number of sulfone groups is 1. The molecule has 0 aromatic rings. The highest BCUT2D eigenvalue weighted by Gasteiger charge is 2.28. The van der Waals surface area contributed by atoms with Crippen LogP contribution in [-0.2, 0) is 14.6 Å². The molecule has 3 N–H and O–H groups in total. The van der Waals surface area contributed by atoms with Gasteiger partial charge in [0.05, 0.1) is 11.0 Å². The van der Waals surface area contributed by atoms with Crippen molar-refractivity contribution in [2.75, 3.05) is 18.8 Å². The highest BCUT2D eigenvalue weighted by atomic mass is 32.2. The molecule has 1 heterocycles. The Morgan fingerprint density at radius 2 is 2.23 bits per heavy atom. The molecule has 1 amide bonds. The molecule has 1 aliphatic heterocycles. The minimum atomic E-state index is -3.12. The van der Waals surface area contributed by atoms with Gasteiger partial charge in [0.1, 0.15) is 0 Å². The van der Waals surface area contributed by atoms with Crippen molar-refractivity contribution in [2.24, 2.45) is 5.73 Å². The third kappa shape index (κ3) is 2.96. The molecule has 76 valence electrons. The summed E-state index contributed by atoms with van der Waals surface area (Å²) in [5, 5.41) is 2.64. The van der Waals surface area contributed by atoms with Gasteiger partial charge in [-0.25, -0.2) is 8.42 Å². The lowest BCUT2D eigenvalue weighted by Crippen LogP contribution is -2.28. The molecule has 1 fully saturated rings. The Kier molecular flexibility index (Phi) is 3.27. The first kappa shape index (κ1) is 10.5. The average molecular weight is 206 g/mol. The molecular formula is C7H14N2O3S. The van der Waals surface area contributed by atoms with Gasteiger partial charge in [0, 0.05) is 13.0 Å². The summed E-state index contributed by atoms with van der Waals surface area (Å²) in [6.07, 6.45) is 0.569. The van der Waals surface area contributed by atoms with E-state index < -0.39 is 15.7 Å². The molecule has 1 saturated heterocycles. The van der Waals surface area contributed by atoms with Crippen molar-refractivity contribution >= 4 is 15.7 Å². The molecule has 6 heteroatoms. The van der Waals surface area contributed by atoms with E-state index in [0.717, 1.165) is 6.54 Å². The van der Waals surface area contributed by atoms with Crippen molar-refractivity contribution in [3.63, 3.8) is 0 Å². The molecule has 0 aromatic heterocycles. The van der Waals surface area contributed by atoms with Gasteiger partial charge in [-0.2, -0.15) is 0 Å². The number of primary amides is 1. The third-order valence-electron chi connectivity index (χ3n) is 2.16. The zero-order chi connectivity index (χ0) is 9.90. The highest BCUT2D eigenvalue weighted by molar-refractivity contribution is 7.92. The lowest BCUT2D eigenvalue weighted by atomic mass is 10.4. The lowest BCUT2D eigenvalue weighted by molar-refractivity contribution is -0.117. The van der Waals surface area contributed by atoms with Crippen LogP contribution < -0.4 is 11.1 Å². The number of hydrogen-bond donors (Lipinski definition) is 2. The summed E-state index contributed by atoms with van der Waals surface area (Å²) in [4.78, 5) is 10.4. The van der Waals surface area contributed by atoms with Gasteiger partial charge < -0.3 is 11.1 Å². The van der Waals surface area contributed by atoms with E-state index in [0.29, 0.717) is 13.0 Å². The first-order chi connectivity index (χ1) is 6.02. The van der Waals surface area contributed by atoms with Gasteiger partial charge in [0.15, 0.2) is 9.84 Å². The van der Waals surface area contributed by atoms with E-state index >= 15 is 0 Å². The van der Waals surface area contributed by atoms with E-state index in [1.165, 1.54) is 0 Å². The predicted molar refractivity (Wildman–Crippen MR) is 48.9 cm³/mol. The Hall–Kier alpha value is -0.620. The Bertz CT molecular complexity index is 280. The number of nitrogens with two attached hydrogens (primary N) is 1. The van der Waals surface area contributed by atoms with E-state index in [9.17, 15) is 13.2 Å². The zero-order valence-electron chi connectivity index (χ0n) is 7.32. The van der Waals surface area contributed by atoms with E-state index in [1.807, 2.05) is 0 Å². The first-order valence-corrected chi connectivity index (χ1v) is 5.94. The minimum Gasteiger partial charge on any atom is -0.370 e. The van der Waals surface area contributed by atoms with Crippen LogP contribution in [0.5, 0.6) is 0 Å². The van der Waals surface area contributed by atoms with Crippen LogP contribution in [0.1, 0.15) is 12.8 Å². The number of rotatable bonds is 4. The molecule has 0 radical (unpaired) electrons. The summed E-state index contributed by atoms with van der Waals surface area (Å²) in [5.41, 5.74) is 4.88. The van der Waals surface area contributed by atoms with Crippen LogP contribution in [0, 0.1) is 0 Å². The third-order valence-corrected chi connectivity index (χ3v) is 4.35. The fourth-order valence-corrected chi connectivity index (χ4v) is 3.01. The van der Waals surface area contributed by atoms with Gasteiger partial charge in [0.2, 0.25) is 5.91 Å². The van der Waals surface area contributed by atoms with E-state index in [1.54, 1.807) is 0 Å². The smallest absolute Gasteiger partial charge is 0.218 e. The number of nitrogens with one attached hydrogen (secondary N) is 1. The van der Waals surface area contributed by atoms with Crippen LogP contribution in [-0.4, -0.2) is 38.4 Å². The van der Waals surface area contributed by atoms with Gasteiger partial charge in [-0.15, -0.1) is 0 Å². The van der Waals surface area contributed by atoms with E-state index in [-0.39, 0.29) is 17.4 Å². The number of carbonyl (C=O) groups excluding carboxylic acids is 1. The molecule has 0 aliphatic carbocycles. The normalized spacial score (nSPS) is 23.2. The maximum Gasteiger partial charge on any atom is 0.218 e. The Morgan fingerprint density at radius 3 is 2.69 bits per heavy atom. The number of carbonyl (C=O) groups is 1. The largest absolute Gasteiger partial charge is 0.370 e. The minimum absolute atomic E-state index is 0.0706. The first-order valence-electron chi connectivity index (χ1n) is 4.23. The molecule has 1 unspecified atom stereocenters. The summed E-state index contributed by atoms with van der Waals surface area (Å²) in [5.74, 6) is -0.677. The molecule has 1 atom stereocenters. The number of hydrogen-bond acceptors (Lipinski definition) is 4. The summed E-state index contributed by atoms with van der Waals surface area (Å²) in [7, 11) is -3.12. The zero-order valence-corrected chi connectivity index (χ0v) is 8.14. The van der Waals surface area contributed by atoms with Crippen LogP contribution in [0.25, 0.3) is 0 Å². The maximum atomic E-state index is 11.5. The summed E-state index contributed by atoms with van der Waals surface area (Å²) < 4.78 is 23.0. The predicted octanol–water partition coefficient (Wildman–Crippen LogP) is -1.36. The van der Waals surface area contributed by atoms with Crippen molar-refractivity contribution in [1.82, 2.24) is 5.32 Å². The monoisotopic (exact) mass is 206 g/mol. The standard InChI is InChI=1S/C7H14N2O3S/c8-7(10)2-4-13(11,12)6-1-3-9-5-6/h6,9H,1-5H2,(H2,8,10). The topological polar surface area (TPSA) is 89.3 Å². The van der Waals surface area contributed by atoms with Crippen LogP contribution >= 0.6 is 0 Å². The van der Waals surface area contributed by atoms with Crippen molar-refractivity contribution in [2.45, 2.75) is 18.1 Å². The van der Waals surface area contributed by atoms with Gasteiger partial charge in [-0.1, -0.05) is 0 Å². The van der Waals surface area contributed by atoms with Crippen molar-refractivity contribution in [3.05, 3.63) is 0 Å². The fraction of sp³-hybridized carbons (Fsp3) is 0.857. The van der Waals surface area contributed by atoms with Gasteiger partial charge in [-0.05, 0) is 13.0 Å².